The molecule has 0 aromatic carbocycles. The van der Waals surface area contributed by atoms with Gasteiger partial charge in [-0.2, -0.15) is 5.10 Å². The van der Waals surface area contributed by atoms with Crippen molar-refractivity contribution < 1.29 is 9.59 Å². The van der Waals surface area contributed by atoms with Crippen LogP contribution in [0.3, 0.4) is 0 Å². The number of aryl methyl sites for hydroxylation is 2. The Morgan fingerprint density at radius 2 is 2.15 bits per heavy atom. The third-order valence-corrected chi connectivity index (χ3v) is 6.34. The molecule has 1 aliphatic heterocycles. The lowest BCUT2D eigenvalue weighted by molar-refractivity contribution is -0.135. The first-order valence-electron chi connectivity index (χ1n) is 9.67. The van der Waals surface area contributed by atoms with E-state index in [0.29, 0.717) is 4.88 Å². The van der Waals surface area contributed by atoms with Gasteiger partial charge >= 0.3 is 0 Å². The topological polar surface area (TPSA) is 79.3 Å². The normalized spacial score (nSPS) is 16.4. The van der Waals surface area contributed by atoms with Crippen LogP contribution >= 0.6 is 11.3 Å². The summed E-state index contributed by atoms with van der Waals surface area (Å²) in [5, 5.41) is 11.6. The number of carbonyl (C=O) groups excluding carboxylic acids is 2. The van der Waals surface area contributed by atoms with Crippen LogP contribution in [0.1, 0.15) is 48.5 Å². The second-order valence-corrected chi connectivity index (χ2v) is 8.28. The van der Waals surface area contributed by atoms with Gasteiger partial charge in [0.1, 0.15) is 10.9 Å². The molecular weight excluding hydrogens is 362 g/mol. The number of hydrogen-bond acceptors (Lipinski definition) is 5. The van der Waals surface area contributed by atoms with Crippen molar-refractivity contribution in [2.24, 2.45) is 7.05 Å². The van der Waals surface area contributed by atoms with Crippen LogP contribution in [-0.4, -0.2) is 58.2 Å². The Balaban J connectivity index is 1.69. The van der Waals surface area contributed by atoms with Gasteiger partial charge in [-0.3, -0.25) is 14.3 Å². The molecule has 7 nitrogen and oxygen atoms in total. The van der Waals surface area contributed by atoms with Crippen molar-refractivity contribution in [1.29, 1.82) is 0 Å². The number of carbonyl (C=O) groups is 2. The van der Waals surface area contributed by atoms with Crippen LogP contribution in [-0.2, 0) is 11.8 Å². The highest BCUT2D eigenvalue weighted by molar-refractivity contribution is 7.20. The van der Waals surface area contributed by atoms with Crippen LogP contribution in [0.2, 0.25) is 0 Å². The summed E-state index contributed by atoms with van der Waals surface area (Å²) in [5.74, 6) is -0.186. The zero-order chi connectivity index (χ0) is 19.6. The maximum atomic E-state index is 13.0. The lowest BCUT2D eigenvalue weighted by Crippen LogP contribution is -2.53. The minimum Gasteiger partial charge on any atom is -0.340 e. The fourth-order valence-electron chi connectivity index (χ4n) is 3.73. The molecule has 1 unspecified atom stereocenters. The summed E-state index contributed by atoms with van der Waals surface area (Å²) in [6, 6.07) is 1.59. The first kappa shape index (κ1) is 19.8. The first-order valence-corrected chi connectivity index (χ1v) is 10.5. The van der Waals surface area contributed by atoms with Gasteiger partial charge < -0.3 is 15.5 Å². The fraction of sp³-hybridized carbons (Fsp3) is 0.632. The predicted octanol–water partition coefficient (Wildman–Crippen LogP) is 2.05. The molecule has 1 atom stereocenters. The Bertz CT molecular complexity index is 787. The molecule has 2 aromatic rings. The Kier molecular flexibility index (Phi) is 6.16. The third kappa shape index (κ3) is 4.16. The molecule has 0 bridgehead atoms. The summed E-state index contributed by atoms with van der Waals surface area (Å²) in [6.45, 7) is 8.41. The second-order valence-electron chi connectivity index (χ2n) is 7.25. The average Bonchev–Trinajstić information content (AvgIpc) is 3.21. The van der Waals surface area contributed by atoms with Gasteiger partial charge in [-0.25, -0.2) is 0 Å². The van der Waals surface area contributed by atoms with Gasteiger partial charge in [0.2, 0.25) is 5.91 Å². The molecular formula is C19H29N5O2S. The van der Waals surface area contributed by atoms with Crippen LogP contribution in [0, 0.1) is 6.92 Å². The largest absolute Gasteiger partial charge is 0.340 e. The molecule has 0 spiro atoms. The highest BCUT2D eigenvalue weighted by Gasteiger charge is 2.29. The van der Waals surface area contributed by atoms with E-state index >= 15 is 0 Å². The fourth-order valence-corrected chi connectivity index (χ4v) is 4.75. The number of amides is 2. The molecule has 3 heterocycles. The van der Waals surface area contributed by atoms with Crippen LogP contribution in [0.15, 0.2) is 6.07 Å². The van der Waals surface area contributed by atoms with Gasteiger partial charge in [-0.05, 0) is 52.3 Å². The summed E-state index contributed by atoms with van der Waals surface area (Å²) < 4.78 is 1.79. The summed E-state index contributed by atoms with van der Waals surface area (Å²) >= 11 is 1.41. The number of aromatic nitrogens is 2. The molecule has 2 aromatic heterocycles. The van der Waals surface area contributed by atoms with Crippen molar-refractivity contribution in [3.05, 3.63) is 16.6 Å². The molecule has 3 rings (SSSR count). The molecule has 2 amide bonds. The molecule has 0 saturated carbocycles. The zero-order valence-electron chi connectivity index (χ0n) is 16.5. The monoisotopic (exact) mass is 391 g/mol. The lowest BCUT2D eigenvalue weighted by Gasteiger charge is -2.36. The number of nitrogens with zero attached hydrogens (tertiary/aromatic N) is 3. The van der Waals surface area contributed by atoms with Gasteiger partial charge in [-0.15, -0.1) is 11.3 Å². The quantitative estimate of drug-likeness (QED) is 0.790. The SMILES string of the molecule is CCCN(C(=O)C(C)NC(=O)c1cc2c(C)nn(C)c2s1)C1CCNCC1. The van der Waals surface area contributed by atoms with Crippen LogP contribution in [0.5, 0.6) is 0 Å². The van der Waals surface area contributed by atoms with E-state index < -0.39 is 6.04 Å². The summed E-state index contributed by atoms with van der Waals surface area (Å²) in [6.07, 6.45) is 2.85. The van der Waals surface area contributed by atoms with Crippen molar-refractivity contribution >= 4 is 33.4 Å². The number of nitrogens with one attached hydrogen (secondary N) is 2. The van der Waals surface area contributed by atoms with E-state index in [4.69, 9.17) is 0 Å². The van der Waals surface area contributed by atoms with E-state index in [1.54, 1.807) is 11.6 Å². The molecule has 1 aliphatic rings. The van der Waals surface area contributed by atoms with Crippen molar-refractivity contribution in [1.82, 2.24) is 25.3 Å². The second kappa shape index (κ2) is 8.39. The number of thiophene rings is 1. The lowest BCUT2D eigenvalue weighted by atomic mass is 10.0. The van der Waals surface area contributed by atoms with E-state index in [1.807, 2.05) is 24.9 Å². The van der Waals surface area contributed by atoms with E-state index in [2.05, 4.69) is 22.7 Å². The van der Waals surface area contributed by atoms with Crippen LogP contribution in [0.25, 0.3) is 10.2 Å². The first-order chi connectivity index (χ1) is 12.9. The third-order valence-electron chi connectivity index (χ3n) is 5.14. The molecule has 148 valence electrons. The van der Waals surface area contributed by atoms with Crippen molar-refractivity contribution in [3.63, 3.8) is 0 Å². The van der Waals surface area contributed by atoms with Crippen molar-refractivity contribution in [3.8, 4) is 0 Å². The summed E-state index contributed by atoms with van der Waals surface area (Å²) in [5.41, 5.74) is 0.909. The highest BCUT2D eigenvalue weighted by atomic mass is 32.1. The number of rotatable bonds is 6. The number of fused-ring (bicyclic) bond motifs is 1. The summed E-state index contributed by atoms with van der Waals surface area (Å²) in [4.78, 5) is 29.3. The van der Waals surface area contributed by atoms with Gasteiger partial charge in [0, 0.05) is 25.0 Å². The molecule has 0 aliphatic carbocycles. The number of piperidine rings is 1. The van der Waals surface area contributed by atoms with Gasteiger partial charge in [-0.1, -0.05) is 6.92 Å². The Hall–Kier alpha value is -1.93. The van der Waals surface area contributed by atoms with E-state index in [1.165, 1.54) is 11.3 Å². The van der Waals surface area contributed by atoms with Gasteiger partial charge in [0.25, 0.3) is 5.91 Å². The maximum absolute atomic E-state index is 13.0. The molecule has 2 N–H and O–H groups in total. The maximum Gasteiger partial charge on any atom is 0.262 e. The average molecular weight is 392 g/mol. The van der Waals surface area contributed by atoms with Crippen molar-refractivity contribution in [2.45, 2.75) is 52.1 Å². The van der Waals surface area contributed by atoms with Crippen molar-refractivity contribution in [2.75, 3.05) is 19.6 Å². The smallest absolute Gasteiger partial charge is 0.262 e. The zero-order valence-corrected chi connectivity index (χ0v) is 17.4. The van der Waals surface area contributed by atoms with E-state index in [0.717, 1.165) is 54.8 Å². The molecule has 0 radical (unpaired) electrons. The minimum atomic E-state index is -0.539. The molecule has 8 heteroatoms. The summed E-state index contributed by atoms with van der Waals surface area (Å²) in [7, 11) is 1.88. The van der Waals surface area contributed by atoms with Crippen LogP contribution < -0.4 is 10.6 Å². The Labute approximate surface area is 164 Å². The Morgan fingerprint density at radius 1 is 1.44 bits per heavy atom. The van der Waals surface area contributed by atoms with Crippen LogP contribution in [0.4, 0.5) is 0 Å². The molecule has 1 saturated heterocycles. The minimum absolute atomic E-state index is 0.0102. The van der Waals surface area contributed by atoms with E-state index in [9.17, 15) is 9.59 Å². The van der Waals surface area contributed by atoms with Gasteiger partial charge in [0.05, 0.1) is 10.6 Å². The molecule has 27 heavy (non-hydrogen) atoms. The standard InChI is InChI=1S/C19H29N5O2S/c1-5-10-24(14-6-8-20-9-7-14)18(26)13(3)21-17(25)16-11-15-12(2)22-23(4)19(15)27-16/h11,13-14,20H,5-10H2,1-4H3,(H,21,25). The number of hydrogen-bond donors (Lipinski definition) is 2. The highest BCUT2D eigenvalue weighted by Crippen LogP contribution is 2.27. The molecule has 1 fully saturated rings. The predicted molar refractivity (Wildman–Crippen MR) is 108 cm³/mol. The Morgan fingerprint density at radius 3 is 2.78 bits per heavy atom. The van der Waals surface area contributed by atoms with Gasteiger partial charge in [0.15, 0.2) is 0 Å². The van der Waals surface area contributed by atoms with E-state index in [-0.39, 0.29) is 17.9 Å².